The van der Waals surface area contributed by atoms with Gasteiger partial charge < -0.3 is 24.1 Å². The highest BCUT2D eigenvalue weighted by Crippen LogP contribution is 2.65. The standard InChI is InChI=1S/C32H30N2O5/c1-16-17(12-33)28-29(18(13-34)27(16)35)39-26-11-22-20(9-25(26)38-28)31(4,5)15-32(22)14-30(2,3)19-8-23(36-6)24(37-7)10-21(19)32/h8-11,35H,14-15H2,1-7H3. The Labute approximate surface area is 228 Å². The monoisotopic (exact) mass is 522 g/mol. The van der Waals surface area contributed by atoms with Gasteiger partial charge in [0, 0.05) is 11.0 Å². The highest BCUT2D eigenvalue weighted by atomic mass is 16.6. The summed E-state index contributed by atoms with van der Waals surface area (Å²) in [5.74, 6) is 2.30. The van der Waals surface area contributed by atoms with Gasteiger partial charge in [0.2, 0.25) is 0 Å². The third kappa shape index (κ3) is 3.14. The summed E-state index contributed by atoms with van der Waals surface area (Å²) in [6.45, 7) is 10.6. The molecule has 2 aliphatic carbocycles. The van der Waals surface area contributed by atoms with Crippen LogP contribution in [0.5, 0.6) is 40.2 Å². The van der Waals surface area contributed by atoms with Crippen LogP contribution in [0.3, 0.4) is 0 Å². The van der Waals surface area contributed by atoms with Crippen molar-refractivity contribution in [2.24, 2.45) is 0 Å². The Morgan fingerprint density at radius 1 is 0.744 bits per heavy atom. The maximum absolute atomic E-state index is 10.6. The van der Waals surface area contributed by atoms with E-state index in [1.165, 1.54) is 11.1 Å². The molecule has 1 unspecified atom stereocenters. The quantitative estimate of drug-likeness (QED) is 0.302. The first-order chi connectivity index (χ1) is 18.4. The number of aromatic hydroxyl groups is 1. The van der Waals surface area contributed by atoms with Gasteiger partial charge >= 0.3 is 0 Å². The lowest BCUT2D eigenvalue weighted by Gasteiger charge is -2.31. The molecule has 198 valence electrons. The lowest BCUT2D eigenvalue weighted by atomic mass is 9.72. The molecule has 3 aliphatic rings. The van der Waals surface area contributed by atoms with Crippen LogP contribution in [0.15, 0.2) is 24.3 Å². The number of rotatable bonds is 2. The average molecular weight is 523 g/mol. The van der Waals surface area contributed by atoms with E-state index >= 15 is 0 Å². The third-order valence-electron chi connectivity index (χ3n) is 8.86. The van der Waals surface area contributed by atoms with Crippen molar-refractivity contribution in [3.63, 3.8) is 0 Å². The van der Waals surface area contributed by atoms with Crippen LogP contribution in [0.4, 0.5) is 0 Å². The fraction of sp³-hybridized carbons (Fsp3) is 0.375. The van der Waals surface area contributed by atoms with Crippen molar-refractivity contribution in [3.05, 3.63) is 63.2 Å². The summed E-state index contributed by atoms with van der Waals surface area (Å²) in [5, 5.41) is 30.3. The number of nitrogens with zero attached hydrogens (tertiary/aromatic N) is 2. The second-order valence-electron chi connectivity index (χ2n) is 12.1. The maximum atomic E-state index is 10.6. The summed E-state index contributed by atoms with van der Waals surface area (Å²) in [4.78, 5) is 0. The van der Waals surface area contributed by atoms with Crippen molar-refractivity contribution in [2.45, 2.75) is 63.7 Å². The molecule has 0 amide bonds. The van der Waals surface area contributed by atoms with Crippen LogP contribution in [0, 0.1) is 29.6 Å². The predicted molar refractivity (Wildman–Crippen MR) is 144 cm³/mol. The third-order valence-corrected chi connectivity index (χ3v) is 8.86. The fourth-order valence-corrected chi connectivity index (χ4v) is 7.26. The number of methoxy groups -OCH3 is 2. The molecule has 0 saturated heterocycles. The molecule has 7 nitrogen and oxygen atoms in total. The molecule has 3 aromatic rings. The molecule has 0 aromatic heterocycles. The average Bonchev–Trinajstić information content (AvgIpc) is 3.25. The highest BCUT2D eigenvalue weighted by Gasteiger charge is 2.57. The number of hydrogen-bond acceptors (Lipinski definition) is 7. The Morgan fingerprint density at radius 3 is 1.69 bits per heavy atom. The van der Waals surface area contributed by atoms with E-state index in [0.717, 1.165) is 24.0 Å². The number of phenolic OH excluding ortho intramolecular Hbond substituents is 1. The van der Waals surface area contributed by atoms with E-state index in [0.29, 0.717) is 23.0 Å². The van der Waals surface area contributed by atoms with Crippen molar-refractivity contribution in [1.29, 1.82) is 10.5 Å². The summed E-state index contributed by atoms with van der Waals surface area (Å²) in [7, 11) is 3.31. The van der Waals surface area contributed by atoms with E-state index in [4.69, 9.17) is 18.9 Å². The molecular weight excluding hydrogens is 492 g/mol. The first kappa shape index (κ1) is 24.9. The summed E-state index contributed by atoms with van der Waals surface area (Å²) < 4.78 is 23.9. The van der Waals surface area contributed by atoms with Crippen LogP contribution in [0.1, 0.15) is 79.5 Å². The van der Waals surface area contributed by atoms with Crippen molar-refractivity contribution in [1.82, 2.24) is 0 Å². The highest BCUT2D eigenvalue weighted by molar-refractivity contribution is 5.74. The van der Waals surface area contributed by atoms with Gasteiger partial charge in [-0.1, -0.05) is 27.7 Å². The van der Waals surface area contributed by atoms with Gasteiger partial charge in [0.05, 0.1) is 14.2 Å². The Balaban J connectivity index is 1.59. The number of hydrogen-bond donors (Lipinski definition) is 1. The van der Waals surface area contributed by atoms with Crippen LogP contribution < -0.4 is 18.9 Å². The van der Waals surface area contributed by atoms with Crippen LogP contribution in [-0.4, -0.2) is 19.3 Å². The zero-order valence-electron chi connectivity index (χ0n) is 23.2. The molecule has 1 heterocycles. The maximum Gasteiger partial charge on any atom is 0.193 e. The van der Waals surface area contributed by atoms with E-state index in [9.17, 15) is 15.6 Å². The first-order valence-electron chi connectivity index (χ1n) is 12.9. The van der Waals surface area contributed by atoms with Crippen LogP contribution in [0.25, 0.3) is 0 Å². The second-order valence-corrected chi connectivity index (χ2v) is 12.1. The predicted octanol–water partition coefficient (Wildman–Crippen LogP) is 7.01. The van der Waals surface area contributed by atoms with E-state index in [1.807, 2.05) is 18.2 Å². The minimum Gasteiger partial charge on any atom is -0.506 e. The number of fused-ring (bicyclic) bond motifs is 6. The van der Waals surface area contributed by atoms with Gasteiger partial charge in [-0.2, -0.15) is 10.5 Å². The summed E-state index contributed by atoms with van der Waals surface area (Å²) in [6.07, 6.45) is 1.77. The largest absolute Gasteiger partial charge is 0.506 e. The number of phenols is 1. The first-order valence-corrected chi connectivity index (χ1v) is 12.9. The minimum atomic E-state index is -0.304. The van der Waals surface area contributed by atoms with Gasteiger partial charge in [-0.25, -0.2) is 0 Å². The molecule has 7 heteroatoms. The van der Waals surface area contributed by atoms with Gasteiger partial charge in [0.15, 0.2) is 34.5 Å². The number of ether oxygens (including phenoxy) is 4. The molecule has 3 aromatic carbocycles. The van der Waals surface area contributed by atoms with Crippen molar-refractivity contribution in [3.8, 4) is 52.4 Å². The van der Waals surface area contributed by atoms with Crippen LogP contribution in [-0.2, 0) is 16.2 Å². The Bertz CT molecular complexity index is 1690. The van der Waals surface area contributed by atoms with E-state index < -0.39 is 0 Å². The minimum absolute atomic E-state index is 0.0492. The zero-order valence-corrected chi connectivity index (χ0v) is 23.2. The molecule has 1 spiro atoms. The normalized spacial score (nSPS) is 20.4. The SMILES string of the molecule is COc1cc2c(cc1OC)C1(CC2(C)C)CC(C)(C)c2cc3c(cc21)Oc1c(C#N)c(O)c(C)c(C#N)c1O3. The van der Waals surface area contributed by atoms with Gasteiger partial charge in [-0.05, 0) is 77.1 Å². The van der Waals surface area contributed by atoms with Crippen molar-refractivity contribution in [2.75, 3.05) is 14.2 Å². The number of nitriles is 2. The van der Waals surface area contributed by atoms with Crippen LogP contribution >= 0.6 is 0 Å². The molecule has 0 fully saturated rings. The molecule has 0 saturated carbocycles. The molecule has 0 bridgehead atoms. The molecule has 1 N–H and O–H groups in total. The van der Waals surface area contributed by atoms with Gasteiger partial charge in [0.25, 0.3) is 0 Å². The summed E-state index contributed by atoms with van der Waals surface area (Å²) in [6, 6.07) is 12.4. The van der Waals surface area contributed by atoms with Crippen LogP contribution in [0.2, 0.25) is 0 Å². The van der Waals surface area contributed by atoms with Gasteiger partial charge in [-0.15, -0.1) is 0 Å². The zero-order chi connectivity index (χ0) is 28.1. The fourth-order valence-electron chi connectivity index (χ4n) is 7.26. The van der Waals surface area contributed by atoms with Gasteiger partial charge in [0.1, 0.15) is 29.0 Å². The summed E-state index contributed by atoms with van der Waals surface area (Å²) in [5.41, 5.74) is 4.53. The van der Waals surface area contributed by atoms with Crippen molar-refractivity contribution < 1.29 is 24.1 Å². The van der Waals surface area contributed by atoms with Crippen molar-refractivity contribution >= 4 is 0 Å². The smallest absolute Gasteiger partial charge is 0.193 e. The number of benzene rings is 3. The molecule has 6 rings (SSSR count). The lowest BCUT2D eigenvalue weighted by molar-refractivity contribution is 0.346. The van der Waals surface area contributed by atoms with E-state index in [1.54, 1.807) is 21.1 Å². The molecule has 0 radical (unpaired) electrons. The Hall–Kier alpha value is -4.36. The van der Waals surface area contributed by atoms with E-state index in [-0.39, 0.29) is 50.2 Å². The Morgan fingerprint density at radius 2 is 1.18 bits per heavy atom. The summed E-state index contributed by atoms with van der Waals surface area (Å²) >= 11 is 0. The second kappa shape index (κ2) is 7.83. The molecular formula is C32H30N2O5. The molecule has 1 atom stereocenters. The molecule has 39 heavy (non-hydrogen) atoms. The topological polar surface area (TPSA) is 105 Å². The van der Waals surface area contributed by atoms with E-state index in [2.05, 4.69) is 45.9 Å². The Kier molecular flexibility index (Phi) is 5.01. The lowest BCUT2D eigenvalue weighted by Crippen LogP contribution is -2.27. The van der Waals surface area contributed by atoms with Gasteiger partial charge in [-0.3, -0.25) is 0 Å². The molecule has 1 aliphatic heterocycles.